The number of furan rings is 1. The molecular formula is C13H17NO5. The van der Waals surface area contributed by atoms with Crippen LogP contribution >= 0.6 is 0 Å². The van der Waals surface area contributed by atoms with E-state index in [1.54, 1.807) is 19.4 Å². The summed E-state index contributed by atoms with van der Waals surface area (Å²) in [6.07, 6.45) is 1.90. The van der Waals surface area contributed by atoms with Crippen LogP contribution in [0, 0.1) is 11.8 Å². The van der Waals surface area contributed by atoms with Crippen LogP contribution in [0.5, 0.6) is 0 Å². The lowest BCUT2D eigenvalue weighted by atomic mass is 9.75. The molecule has 1 N–H and O–H groups in total. The Balaban J connectivity index is 2.44. The Morgan fingerprint density at radius 3 is 2.58 bits per heavy atom. The zero-order valence-corrected chi connectivity index (χ0v) is 11.1. The first-order valence-corrected chi connectivity index (χ1v) is 6.03. The van der Waals surface area contributed by atoms with Gasteiger partial charge >= 0.3 is 11.9 Å². The van der Waals surface area contributed by atoms with Crippen molar-refractivity contribution >= 4 is 11.9 Å². The number of nitrogens with one attached hydrogen (secondary N) is 1. The molecule has 0 saturated carbocycles. The summed E-state index contributed by atoms with van der Waals surface area (Å²) in [5, 5.41) is 3.05. The third-order valence-electron chi connectivity index (χ3n) is 3.60. The fourth-order valence-electron chi connectivity index (χ4n) is 2.70. The van der Waals surface area contributed by atoms with Gasteiger partial charge in [0.15, 0.2) is 0 Å². The Hall–Kier alpha value is -1.82. The molecule has 0 fully saturated rings. The van der Waals surface area contributed by atoms with E-state index in [0.29, 0.717) is 12.2 Å². The molecule has 1 aliphatic carbocycles. The molecule has 0 aromatic carbocycles. The lowest BCUT2D eigenvalue weighted by Gasteiger charge is -2.33. The van der Waals surface area contributed by atoms with Crippen molar-refractivity contribution in [2.45, 2.75) is 12.5 Å². The van der Waals surface area contributed by atoms with Crippen LogP contribution in [0.1, 0.15) is 17.4 Å². The van der Waals surface area contributed by atoms with E-state index in [-0.39, 0.29) is 6.04 Å². The fourth-order valence-corrected chi connectivity index (χ4v) is 2.70. The zero-order chi connectivity index (χ0) is 14.0. The van der Waals surface area contributed by atoms with Crippen molar-refractivity contribution in [3.8, 4) is 0 Å². The van der Waals surface area contributed by atoms with Crippen LogP contribution in [-0.2, 0) is 25.5 Å². The number of carbonyl (C=O) groups is 2. The van der Waals surface area contributed by atoms with Gasteiger partial charge in [0.1, 0.15) is 5.76 Å². The summed E-state index contributed by atoms with van der Waals surface area (Å²) >= 11 is 0. The van der Waals surface area contributed by atoms with E-state index in [9.17, 15) is 9.59 Å². The zero-order valence-electron chi connectivity index (χ0n) is 11.1. The summed E-state index contributed by atoms with van der Waals surface area (Å²) in [7, 11) is 4.36. The molecule has 1 aliphatic rings. The molecule has 0 saturated heterocycles. The van der Waals surface area contributed by atoms with E-state index in [2.05, 4.69) is 5.32 Å². The Labute approximate surface area is 111 Å². The maximum Gasteiger partial charge on any atom is 0.311 e. The van der Waals surface area contributed by atoms with Crippen molar-refractivity contribution in [2.75, 3.05) is 21.3 Å². The maximum absolute atomic E-state index is 12.0. The minimum Gasteiger partial charge on any atom is -0.469 e. The summed E-state index contributed by atoms with van der Waals surface area (Å²) < 4.78 is 15.0. The summed E-state index contributed by atoms with van der Waals surface area (Å²) in [5.74, 6) is -1.38. The molecule has 3 unspecified atom stereocenters. The molecule has 1 aromatic rings. The highest BCUT2D eigenvalue weighted by atomic mass is 16.5. The number of methoxy groups -OCH3 is 2. The van der Waals surface area contributed by atoms with E-state index in [1.165, 1.54) is 14.2 Å². The van der Waals surface area contributed by atoms with Gasteiger partial charge in [-0.05, 0) is 13.1 Å². The molecule has 19 heavy (non-hydrogen) atoms. The van der Waals surface area contributed by atoms with Crippen LogP contribution in [0.3, 0.4) is 0 Å². The number of ether oxygens (including phenoxy) is 2. The third kappa shape index (κ3) is 2.23. The van der Waals surface area contributed by atoms with Gasteiger partial charge in [-0.3, -0.25) is 9.59 Å². The van der Waals surface area contributed by atoms with Crippen molar-refractivity contribution in [2.24, 2.45) is 11.8 Å². The highest BCUT2D eigenvalue weighted by Crippen LogP contribution is 2.39. The molecule has 6 nitrogen and oxygen atoms in total. The van der Waals surface area contributed by atoms with Gasteiger partial charge in [-0.2, -0.15) is 0 Å². The van der Waals surface area contributed by atoms with Crippen molar-refractivity contribution in [1.29, 1.82) is 0 Å². The van der Waals surface area contributed by atoms with E-state index < -0.39 is 23.8 Å². The lowest BCUT2D eigenvalue weighted by molar-refractivity contribution is -0.159. The number of hydrogen-bond acceptors (Lipinski definition) is 6. The molecule has 1 aromatic heterocycles. The van der Waals surface area contributed by atoms with Crippen LogP contribution in [0.2, 0.25) is 0 Å². The summed E-state index contributed by atoms with van der Waals surface area (Å²) in [5.41, 5.74) is 0.887. The van der Waals surface area contributed by atoms with Crippen LogP contribution in [0.25, 0.3) is 0 Å². The van der Waals surface area contributed by atoms with E-state index >= 15 is 0 Å². The van der Waals surface area contributed by atoms with E-state index in [1.807, 2.05) is 0 Å². The molecule has 0 bridgehead atoms. The number of fused-ring (bicyclic) bond motifs is 1. The number of carbonyl (C=O) groups excluding carboxylic acids is 2. The smallest absolute Gasteiger partial charge is 0.311 e. The monoisotopic (exact) mass is 267 g/mol. The molecule has 2 rings (SSSR count). The second-order valence-corrected chi connectivity index (χ2v) is 4.45. The normalized spacial score (nSPS) is 25.5. The third-order valence-corrected chi connectivity index (χ3v) is 3.60. The highest BCUT2D eigenvalue weighted by Gasteiger charge is 2.46. The average Bonchev–Trinajstić information content (AvgIpc) is 2.91. The fraction of sp³-hybridized carbons (Fsp3) is 0.538. The first-order chi connectivity index (χ1) is 9.13. The summed E-state index contributed by atoms with van der Waals surface area (Å²) in [6.45, 7) is 0. The second-order valence-electron chi connectivity index (χ2n) is 4.45. The van der Waals surface area contributed by atoms with Gasteiger partial charge in [-0.1, -0.05) is 0 Å². The van der Waals surface area contributed by atoms with Gasteiger partial charge in [0.05, 0.1) is 32.3 Å². The van der Waals surface area contributed by atoms with E-state index in [4.69, 9.17) is 13.9 Å². The molecule has 1 heterocycles. The molecular weight excluding hydrogens is 250 g/mol. The SMILES string of the molecule is CNC1c2ccoc2CC(C(=O)OC)C1C(=O)OC. The van der Waals surface area contributed by atoms with Gasteiger partial charge in [0, 0.05) is 18.0 Å². The first-order valence-electron chi connectivity index (χ1n) is 6.03. The molecule has 6 heteroatoms. The summed E-state index contributed by atoms with van der Waals surface area (Å²) in [6, 6.07) is 1.49. The number of hydrogen-bond donors (Lipinski definition) is 1. The maximum atomic E-state index is 12.0. The van der Waals surface area contributed by atoms with Crippen molar-refractivity contribution in [1.82, 2.24) is 5.32 Å². The average molecular weight is 267 g/mol. The Bertz CT molecular complexity index is 481. The number of rotatable bonds is 3. The molecule has 0 amide bonds. The largest absolute Gasteiger partial charge is 0.469 e. The topological polar surface area (TPSA) is 77.8 Å². The van der Waals surface area contributed by atoms with Crippen molar-refractivity contribution in [3.05, 3.63) is 23.7 Å². The standard InChI is InChI=1S/C13H17NO5/c1-14-11-7-4-5-19-9(7)6-8(12(15)17-2)10(11)13(16)18-3/h4-5,8,10-11,14H,6H2,1-3H3. The predicted molar refractivity (Wildman–Crippen MR) is 65.2 cm³/mol. The summed E-state index contributed by atoms with van der Waals surface area (Å²) in [4.78, 5) is 23.9. The van der Waals surface area contributed by atoms with Crippen LogP contribution in [-0.4, -0.2) is 33.2 Å². The Morgan fingerprint density at radius 1 is 1.32 bits per heavy atom. The minimum atomic E-state index is -0.618. The van der Waals surface area contributed by atoms with Gasteiger partial charge in [0.25, 0.3) is 0 Å². The number of esters is 2. The van der Waals surface area contributed by atoms with Crippen molar-refractivity contribution < 1.29 is 23.5 Å². The van der Waals surface area contributed by atoms with Gasteiger partial charge in [0.2, 0.25) is 0 Å². The first kappa shape index (κ1) is 13.6. The quantitative estimate of drug-likeness (QED) is 0.811. The van der Waals surface area contributed by atoms with Gasteiger partial charge in [-0.15, -0.1) is 0 Å². The molecule has 0 radical (unpaired) electrons. The van der Waals surface area contributed by atoms with Crippen LogP contribution in [0.4, 0.5) is 0 Å². The lowest BCUT2D eigenvalue weighted by Crippen LogP contribution is -2.44. The molecule has 3 atom stereocenters. The van der Waals surface area contributed by atoms with Crippen molar-refractivity contribution in [3.63, 3.8) is 0 Å². The van der Waals surface area contributed by atoms with Crippen LogP contribution < -0.4 is 5.32 Å². The molecule has 104 valence electrons. The Morgan fingerprint density at radius 2 is 2.00 bits per heavy atom. The molecule has 0 spiro atoms. The van der Waals surface area contributed by atoms with Crippen LogP contribution in [0.15, 0.2) is 16.7 Å². The minimum absolute atomic E-state index is 0.320. The highest BCUT2D eigenvalue weighted by molar-refractivity contribution is 5.83. The van der Waals surface area contributed by atoms with Gasteiger partial charge < -0.3 is 19.2 Å². The molecule has 0 aliphatic heterocycles. The van der Waals surface area contributed by atoms with E-state index in [0.717, 1.165) is 5.56 Å². The Kier molecular flexibility index (Phi) is 3.90. The van der Waals surface area contributed by atoms with Gasteiger partial charge in [-0.25, -0.2) is 0 Å². The second kappa shape index (κ2) is 5.44. The predicted octanol–water partition coefficient (Wildman–Crippen LogP) is 0.675.